The van der Waals surface area contributed by atoms with Gasteiger partial charge in [-0.3, -0.25) is 19.2 Å². The molecule has 3 aliphatic heterocycles. The molecular weight excluding hydrogens is 1100 g/mol. The standard InChI is InChI=1S/C68H109NO17/c1-11-12-13-14-15-16-17-18-19-25-38-81-66(76)82-39-26-27-40-83-67(77)84-54-35-32-53(33-36-54)43-49(5)59-45-57(70)48(4)42-51(7)61(72)62(80-10)60(71)50(6)41-46(2)28-21-20-22-29-47(3)58(79-9)44-55-34-31-52(8)68(78,86-55)63(73)64(74)69-37-24-23-30-56(69)65(75)85-59/h20-22,28-29,42,46,48-50,52-56,58-59,61-62,72,78H,11-19,23-27,30-41,43-45H2,1-10H3/b22-20+,28-21+,47-29+,51-42+/t46-,48-,49-,50-,52-,53?,54?,55+,56+,58+,59+,61-,62+,68-/m1/s1. The maximum Gasteiger partial charge on any atom is 0.508 e. The third-order valence-electron chi connectivity index (χ3n) is 18.1. The van der Waals surface area contributed by atoms with Gasteiger partial charge in [-0.1, -0.05) is 136 Å². The first kappa shape index (κ1) is 73.7. The van der Waals surface area contributed by atoms with Crippen LogP contribution >= 0.6 is 0 Å². The summed E-state index contributed by atoms with van der Waals surface area (Å²) in [4.78, 5) is 97.4. The first-order chi connectivity index (χ1) is 41.1. The van der Waals surface area contributed by atoms with Gasteiger partial charge in [-0.2, -0.15) is 0 Å². The number of amides is 1. The van der Waals surface area contributed by atoms with Gasteiger partial charge in [0.05, 0.1) is 32.0 Å². The summed E-state index contributed by atoms with van der Waals surface area (Å²) in [6.07, 6.45) is 23.4. The lowest BCUT2D eigenvalue weighted by atomic mass is 9.79. The van der Waals surface area contributed by atoms with Crippen molar-refractivity contribution in [2.75, 3.05) is 40.6 Å². The number of methoxy groups -OCH3 is 2. The molecule has 0 aromatic carbocycles. The van der Waals surface area contributed by atoms with Crippen molar-refractivity contribution >= 4 is 41.5 Å². The van der Waals surface area contributed by atoms with E-state index in [4.69, 9.17) is 37.9 Å². The van der Waals surface area contributed by atoms with Crippen LogP contribution in [0.5, 0.6) is 0 Å². The van der Waals surface area contributed by atoms with Crippen LogP contribution in [-0.2, 0) is 61.9 Å². The lowest BCUT2D eigenvalue weighted by molar-refractivity contribution is -0.265. The van der Waals surface area contributed by atoms with Gasteiger partial charge in [0, 0.05) is 51.4 Å². The molecule has 488 valence electrons. The zero-order valence-electron chi connectivity index (χ0n) is 53.9. The minimum atomic E-state index is -2.46. The van der Waals surface area contributed by atoms with E-state index in [0.29, 0.717) is 95.7 Å². The number of cyclic esters (lactones) is 1. The van der Waals surface area contributed by atoms with Crippen LogP contribution in [0, 0.1) is 35.5 Å². The molecule has 3 heterocycles. The number of hydrogen-bond donors (Lipinski definition) is 2. The van der Waals surface area contributed by atoms with Crippen LogP contribution in [0.3, 0.4) is 0 Å². The highest BCUT2D eigenvalue weighted by Crippen LogP contribution is 2.38. The number of unbranched alkanes of at least 4 members (excludes halogenated alkanes) is 10. The molecule has 4 rings (SSSR count). The zero-order chi connectivity index (χ0) is 63.2. The molecule has 18 nitrogen and oxygen atoms in total. The number of allylic oxidation sites excluding steroid dienone is 6. The Hall–Kier alpha value is -4.75. The van der Waals surface area contributed by atoms with Gasteiger partial charge in [-0.05, 0) is 133 Å². The third-order valence-corrected chi connectivity index (χ3v) is 18.1. The van der Waals surface area contributed by atoms with Gasteiger partial charge in [-0.15, -0.1) is 0 Å². The number of ether oxygens (including phenoxy) is 8. The van der Waals surface area contributed by atoms with Gasteiger partial charge in [0.25, 0.3) is 11.7 Å². The number of carbonyl (C=O) groups excluding carboxylic acids is 7. The number of nitrogens with zero attached hydrogens (tertiary/aromatic N) is 1. The van der Waals surface area contributed by atoms with Crippen molar-refractivity contribution in [3.05, 3.63) is 47.6 Å². The topological polar surface area (TPSA) is 237 Å². The van der Waals surface area contributed by atoms with E-state index in [1.807, 2.05) is 58.1 Å². The molecule has 1 amide bonds. The van der Waals surface area contributed by atoms with Crippen LogP contribution in [-0.4, -0.2) is 146 Å². The second-order valence-corrected chi connectivity index (χ2v) is 25.3. The van der Waals surface area contributed by atoms with Crippen molar-refractivity contribution in [3.8, 4) is 0 Å². The van der Waals surface area contributed by atoms with Crippen LogP contribution < -0.4 is 0 Å². The number of piperidine rings is 1. The highest BCUT2D eigenvalue weighted by atomic mass is 16.7. The van der Waals surface area contributed by atoms with E-state index in [0.717, 1.165) is 24.8 Å². The van der Waals surface area contributed by atoms with E-state index in [2.05, 4.69) is 6.92 Å². The predicted octanol–water partition coefficient (Wildman–Crippen LogP) is 12.6. The molecule has 18 heteroatoms. The molecule has 0 unspecified atom stereocenters. The van der Waals surface area contributed by atoms with Gasteiger partial charge in [0.15, 0.2) is 5.78 Å². The summed E-state index contributed by atoms with van der Waals surface area (Å²) in [5, 5.41) is 23.6. The maximum atomic E-state index is 14.6. The summed E-state index contributed by atoms with van der Waals surface area (Å²) in [7, 11) is 2.95. The van der Waals surface area contributed by atoms with Crippen LogP contribution in [0.4, 0.5) is 9.59 Å². The maximum absolute atomic E-state index is 14.6. The Morgan fingerprint density at radius 1 is 0.733 bits per heavy atom. The number of esters is 1. The van der Waals surface area contributed by atoms with E-state index >= 15 is 0 Å². The SMILES string of the molecule is CCCCCCCCCCCCOC(=O)OCCCCOC(=O)OC1CCC(C[C@@H](C)[C@@H]2CC(=O)[C@H](C)/C=C(\C)[C@@H](O)[C@@H](OC)C(=O)[C@H](C)C[C@H](C)/C=C/C=C/C=C(\C)[C@@H](OC)C[C@@H]3CC[C@@H](C)[C@@](O)(O3)C(=O)C(=O)N3CCCC[C@H]3C(=O)O2)CC1. The molecule has 0 aromatic heterocycles. The predicted molar refractivity (Wildman–Crippen MR) is 328 cm³/mol. The van der Waals surface area contributed by atoms with Gasteiger partial charge < -0.3 is 53.0 Å². The smallest absolute Gasteiger partial charge is 0.460 e. The second kappa shape index (κ2) is 39.3. The number of aliphatic hydroxyl groups excluding tert-OH is 1. The van der Waals surface area contributed by atoms with Crippen LogP contribution in [0.1, 0.15) is 216 Å². The van der Waals surface area contributed by atoms with Crippen LogP contribution in [0.2, 0.25) is 0 Å². The number of Topliss-reactive ketones (excluding diaryl/α,β-unsaturated/α-hetero) is 3. The van der Waals surface area contributed by atoms with Crippen LogP contribution in [0.15, 0.2) is 47.6 Å². The number of carbonyl (C=O) groups is 7. The Morgan fingerprint density at radius 2 is 1.35 bits per heavy atom. The Balaban J connectivity index is 1.41. The normalized spacial score (nSPS) is 32.3. The molecule has 2 bridgehead atoms. The van der Waals surface area contributed by atoms with Crippen molar-refractivity contribution in [2.45, 2.75) is 264 Å². The van der Waals surface area contributed by atoms with Crippen molar-refractivity contribution < 1.29 is 81.7 Å². The van der Waals surface area contributed by atoms with Gasteiger partial charge in [0.2, 0.25) is 5.79 Å². The number of fused-ring (bicyclic) bond motifs is 3. The fourth-order valence-corrected chi connectivity index (χ4v) is 12.4. The second-order valence-electron chi connectivity index (χ2n) is 25.3. The lowest BCUT2D eigenvalue weighted by Gasteiger charge is -2.42. The molecule has 2 saturated heterocycles. The van der Waals surface area contributed by atoms with Crippen molar-refractivity contribution in [1.82, 2.24) is 4.90 Å². The number of hydrogen-bond acceptors (Lipinski definition) is 17. The molecular formula is C68H109NO17. The Morgan fingerprint density at radius 3 is 1.98 bits per heavy atom. The quantitative estimate of drug-likeness (QED) is 0.0337. The fourth-order valence-electron chi connectivity index (χ4n) is 12.4. The molecule has 4 aliphatic rings. The molecule has 86 heavy (non-hydrogen) atoms. The number of rotatable bonds is 22. The number of ketones is 3. The molecule has 0 aromatic rings. The molecule has 1 saturated carbocycles. The van der Waals surface area contributed by atoms with Gasteiger partial charge in [-0.25, -0.2) is 14.4 Å². The Labute approximate surface area is 514 Å². The minimum absolute atomic E-state index is 0.00132. The zero-order valence-corrected chi connectivity index (χ0v) is 53.9. The van der Waals surface area contributed by atoms with E-state index < -0.39 is 90.1 Å². The Kier molecular flexibility index (Phi) is 33.7. The average Bonchev–Trinajstić information content (AvgIpc) is 1.21. The monoisotopic (exact) mass is 1210 g/mol. The van der Waals surface area contributed by atoms with E-state index in [1.54, 1.807) is 34.0 Å². The summed E-state index contributed by atoms with van der Waals surface area (Å²) in [5.74, 6) is -8.22. The summed E-state index contributed by atoms with van der Waals surface area (Å²) in [6, 6.07) is -1.18. The van der Waals surface area contributed by atoms with Crippen molar-refractivity contribution in [2.24, 2.45) is 35.5 Å². The largest absolute Gasteiger partial charge is 0.508 e. The summed E-state index contributed by atoms with van der Waals surface area (Å²) < 4.78 is 45.4. The molecule has 3 fully saturated rings. The fraction of sp³-hybridized carbons (Fsp3) is 0.779. The summed E-state index contributed by atoms with van der Waals surface area (Å²) >= 11 is 0. The van der Waals surface area contributed by atoms with Gasteiger partial charge in [0.1, 0.15) is 36.2 Å². The lowest BCUT2D eigenvalue weighted by Crippen LogP contribution is -2.61. The Bertz CT molecular complexity index is 2230. The highest BCUT2D eigenvalue weighted by Gasteiger charge is 2.53. The number of aliphatic hydroxyl groups is 2. The third kappa shape index (κ3) is 24.7. The van der Waals surface area contributed by atoms with E-state index in [-0.39, 0.29) is 68.0 Å². The van der Waals surface area contributed by atoms with Crippen molar-refractivity contribution in [1.29, 1.82) is 0 Å². The van der Waals surface area contributed by atoms with Crippen LogP contribution in [0.25, 0.3) is 0 Å². The van der Waals surface area contributed by atoms with Crippen molar-refractivity contribution in [3.63, 3.8) is 0 Å². The highest BCUT2D eigenvalue weighted by molar-refractivity contribution is 6.39. The molecule has 2 N–H and O–H groups in total. The van der Waals surface area contributed by atoms with Gasteiger partial charge >= 0.3 is 18.3 Å². The minimum Gasteiger partial charge on any atom is -0.460 e. The first-order valence-corrected chi connectivity index (χ1v) is 32.7. The van der Waals surface area contributed by atoms with E-state index in [9.17, 15) is 43.8 Å². The summed E-state index contributed by atoms with van der Waals surface area (Å²) in [5.41, 5.74) is 1.24. The average molecular weight is 1210 g/mol. The molecule has 0 spiro atoms. The molecule has 1 aliphatic carbocycles. The molecule has 12 atom stereocenters. The molecule has 0 radical (unpaired) electrons. The summed E-state index contributed by atoms with van der Waals surface area (Å²) in [6.45, 7) is 15.5. The van der Waals surface area contributed by atoms with E-state index in [1.165, 1.54) is 57.0 Å². The first-order valence-electron chi connectivity index (χ1n) is 32.7.